The van der Waals surface area contributed by atoms with Crippen LogP contribution in [0.15, 0.2) is 60.7 Å². The zero-order chi connectivity index (χ0) is 15.5. The van der Waals surface area contributed by atoms with Crippen molar-refractivity contribution in [2.75, 3.05) is 0 Å². The SMILES string of the molecule is N#Cc1c(-c2ccccc2)cc(-c2ccc(Cl)cc2)[nH]c1=S. The summed E-state index contributed by atoms with van der Waals surface area (Å²) >= 11 is 11.3. The summed E-state index contributed by atoms with van der Waals surface area (Å²) in [6.07, 6.45) is 0. The van der Waals surface area contributed by atoms with Gasteiger partial charge < -0.3 is 4.98 Å². The van der Waals surface area contributed by atoms with E-state index < -0.39 is 0 Å². The summed E-state index contributed by atoms with van der Waals surface area (Å²) in [7, 11) is 0. The van der Waals surface area contributed by atoms with E-state index in [1.165, 1.54) is 0 Å². The Hall–Kier alpha value is -2.41. The van der Waals surface area contributed by atoms with Crippen LogP contribution < -0.4 is 0 Å². The molecule has 0 amide bonds. The number of hydrogen-bond acceptors (Lipinski definition) is 2. The molecule has 0 aliphatic heterocycles. The van der Waals surface area contributed by atoms with Gasteiger partial charge in [0, 0.05) is 16.3 Å². The number of aromatic amines is 1. The predicted molar refractivity (Wildman–Crippen MR) is 92.2 cm³/mol. The van der Waals surface area contributed by atoms with Crippen LogP contribution in [-0.2, 0) is 0 Å². The van der Waals surface area contributed by atoms with E-state index in [0.717, 1.165) is 22.4 Å². The number of rotatable bonds is 2. The van der Waals surface area contributed by atoms with Crippen molar-refractivity contribution in [3.63, 3.8) is 0 Å². The zero-order valence-corrected chi connectivity index (χ0v) is 13.1. The molecular weight excluding hydrogens is 312 g/mol. The van der Waals surface area contributed by atoms with E-state index in [0.29, 0.717) is 15.2 Å². The van der Waals surface area contributed by atoms with Gasteiger partial charge in [0.2, 0.25) is 0 Å². The van der Waals surface area contributed by atoms with Gasteiger partial charge in [0.15, 0.2) is 0 Å². The Morgan fingerprint density at radius 1 is 0.955 bits per heavy atom. The first kappa shape index (κ1) is 14.5. The molecule has 1 aromatic heterocycles. The molecule has 2 nitrogen and oxygen atoms in total. The molecule has 1 heterocycles. The van der Waals surface area contributed by atoms with E-state index in [-0.39, 0.29) is 0 Å². The zero-order valence-electron chi connectivity index (χ0n) is 11.5. The Labute approximate surface area is 138 Å². The van der Waals surface area contributed by atoms with Crippen molar-refractivity contribution in [3.05, 3.63) is 75.9 Å². The Bertz CT molecular complexity index is 907. The lowest BCUT2D eigenvalue weighted by Crippen LogP contribution is -1.92. The highest BCUT2D eigenvalue weighted by atomic mass is 35.5. The molecule has 3 aromatic rings. The maximum Gasteiger partial charge on any atom is 0.122 e. The number of hydrogen-bond donors (Lipinski definition) is 1. The Morgan fingerprint density at radius 3 is 2.27 bits per heavy atom. The van der Waals surface area contributed by atoms with E-state index in [1.54, 1.807) is 0 Å². The number of benzene rings is 2. The molecule has 106 valence electrons. The van der Waals surface area contributed by atoms with E-state index in [4.69, 9.17) is 23.8 Å². The van der Waals surface area contributed by atoms with E-state index >= 15 is 0 Å². The predicted octanol–water partition coefficient (Wildman–Crippen LogP) is 5.60. The monoisotopic (exact) mass is 322 g/mol. The second kappa shape index (κ2) is 6.15. The quantitative estimate of drug-likeness (QED) is 0.623. The maximum absolute atomic E-state index is 9.40. The van der Waals surface area contributed by atoms with Gasteiger partial charge in [0.1, 0.15) is 10.7 Å². The third-order valence-corrected chi connectivity index (χ3v) is 3.94. The van der Waals surface area contributed by atoms with Crippen LogP contribution in [0.4, 0.5) is 0 Å². The molecule has 0 spiro atoms. The smallest absolute Gasteiger partial charge is 0.122 e. The van der Waals surface area contributed by atoms with E-state index in [9.17, 15) is 5.26 Å². The molecule has 3 rings (SSSR count). The second-order valence-corrected chi connectivity index (χ2v) is 5.63. The lowest BCUT2D eigenvalue weighted by atomic mass is 9.99. The van der Waals surface area contributed by atoms with Crippen LogP contribution in [-0.4, -0.2) is 4.98 Å². The molecule has 0 bridgehead atoms. The minimum absolute atomic E-state index is 0.439. The standard InChI is InChI=1S/C18H11ClN2S/c19-14-8-6-13(7-9-14)17-10-15(12-4-2-1-3-5-12)16(11-20)18(22)21-17/h1-10H,(H,21,22). The molecule has 22 heavy (non-hydrogen) atoms. The second-order valence-electron chi connectivity index (χ2n) is 4.79. The van der Waals surface area contributed by atoms with Gasteiger partial charge in [-0.1, -0.05) is 66.3 Å². The van der Waals surface area contributed by atoms with Crippen molar-refractivity contribution in [3.8, 4) is 28.5 Å². The molecule has 0 atom stereocenters. The molecule has 0 saturated heterocycles. The summed E-state index contributed by atoms with van der Waals surface area (Å²) in [6, 6.07) is 21.4. The molecule has 0 saturated carbocycles. The number of H-pyrrole nitrogens is 1. The van der Waals surface area contributed by atoms with Crippen molar-refractivity contribution < 1.29 is 0 Å². The fourth-order valence-electron chi connectivity index (χ4n) is 2.30. The van der Waals surface area contributed by atoms with Gasteiger partial charge in [-0.05, 0) is 29.3 Å². The highest BCUT2D eigenvalue weighted by Crippen LogP contribution is 2.29. The maximum atomic E-state index is 9.40. The molecule has 0 unspecified atom stereocenters. The molecule has 4 heteroatoms. The molecule has 0 aliphatic carbocycles. The summed E-state index contributed by atoms with van der Waals surface area (Å²) in [6.45, 7) is 0. The first-order valence-corrected chi connectivity index (χ1v) is 7.46. The van der Waals surface area contributed by atoms with Crippen molar-refractivity contribution in [2.24, 2.45) is 0 Å². The Balaban J connectivity index is 2.24. The third-order valence-electron chi connectivity index (χ3n) is 3.39. The van der Waals surface area contributed by atoms with Gasteiger partial charge in [-0.2, -0.15) is 5.26 Å². The molecule has 1 N–H and O–H groups in total. The average molecular weight is 323 g/mol. The highest BCUT2D eigenvalue weighted by Gasteiger charge is 2.10. The minimum Gasteiger partial charge on any atom is -0.345 e. The fourth-order valence-corrected chi connectivity index (χ4v) is 2.69. The normalized spacial score (nSPS) is 10.2. The van der Waals surface area contributed by atoms with E-state index in [1.807, 2.05) is 60.7 Å². The number of pyridine rings is 1. The number of nitrogens with one attached hydrogen (secondary N) is 1. The first-order valence-electron chi connectivity index (χ1n) is 6.68. The largest absolute Gasteiger partial charge is 0.345 e. The van der Waals surface area contributed by atoms with Gasteiger partial charge in [-0.3, -0.25) is 0 Å². The summed E-state index contributed by atoms with van der Waals surface area (Å²) < 4.78 is 0.439. The summed E-state index contributed by atoms with van der Waals surface area (Å²) in [4.78, 5) is 3.12. The Kier molecular flexibility index (Phi) is 4.06. The number of aromatic nitrogens is 1. The molecule has 2 aromatic carbocycles. The first-order chi connectivity index (χ1) is 10.7. The van der Waals surface area contributed by atoms with Crippen molar-refractivity contribution in [2.45, 2.75) is 0 Å². The third kappa shape index (κ3) is 2.80. The van der Waals surface area contributed by atoms with Crippen LogP contribution in [0.1, 0.15) is 5.56 Å². The van der Waals surface area contributed by atoms with Crippen molar-refractivity contribution in [1.29, 1.82) is 5.26 Å². The summed E-state index contributed by atoms with van der Waals surface area (Å²) in [5, 5.41) is 10.1. The fraction of sp³-hybridized carbons (Fsp3) is 0. The van der Waals surface area contributed by atoms with Crippen LogP contribution in [0.5, 0.6) is 0 Å². The molecule has 0 aliphatic rings. The van der Waals surface area contributed by atoms with Crippen LogP contribution in [0.3, 0.4) is 0 Å². The molecule has 0 fully saturated rings. The van der Waals surface area contributed by atoms with Gasteiger partial charge in [-0.25, -0.2) is 0 Å². The van der Waals surface area contributed by atoms with Gasteiger partial charge in [0.25, 0.3) is 0 Å². The van der Waals surface area contributed by atoms with Gasteiger partial charge >= 0.3 is 0 Å². The van der Waals surface area contributed by atoms with Crippen LogP contribution in [0, 0.1) is 16.0 Å². The average Bonchev–Trinajstić information content (AvgIpc) is 2.55. The van der Waals surface area contributed by atoms with Gasteiger partial charge in [0.05, 0.1) is 5.56 Å². The number of nitrogens with zero attached hydrogens (tertiary/aromatic N) is 1. The van der Waals surface area contributed by atoms with Crippen LogP contribution in [0.25, 0.3) is 22.4 Å². The van der Waals surface area contributed by atoms with Crippen molar-refractivity contribution >= 4 is 23.8 Å². The Morgan fingerprint density at radius 2 is 1.64 bits per heavy atom. The summed E-state index contributed by atoms with van der Waals surface area (Å²) in [5.74, 6) is 0. The molecular formula is C18H11ClN2S. The molecule has 0 radical (unpaired) electrons. The van der Waals surface area contributed by atoms with E-state index in [2.05, 4.69) is 11.1 Å². The summed E-state index contributed by atoms with van der Waals surface area (Å²) in [5.41, 5.74) is 4.11. The number of halogens is 1. The topological polar surface area (TPSA) is 39.6 Å². The minimum atomic E-state index is 0.439. The van der Waals surface area contributed by atoms with Crippen LogP contribution >= 0.6 is 23.8 Å². The lowest BCUT2D eigenvalue weighted by Gasteiger charge is -2.09. The highest BCUT2D eigenvalue weighted by molar-refractivity contribution is 7.71. The lowest BCUT2D eigenvalue weighted by molar-refractivity contribution is 1.27. The van der Waals surface area contributed by atoms with Crippen molar-refractivity contribution in [1.82, 2.24) is 4.98 Å². The number of nitriles is 1. The van der Waals surface area contributed by atoms with Gasteiger partial charge in [-0.15, -0.1) is 0 Å². The van der Waals surface area contributed by atoms with Crippen LogP contribution in [0.2, 0.25) is 5.02 Å².